The van der Waals surface area contributed by atoms with Crippen molar-refractivity contribution in [2.24, 2.45) is 0 Å². The molecule has 0 saturated heterocycles. The fourth-order valence-corrected chi connectivity index (χ4v) is 1.96. The van der Waals surface area contributed by atoms with Gasteiger partial charge in [-0.25, -0.2) is 4.79 Å². The largest absolute Gasteiger partial charge is 0.497 e. The molecule has 2 rings (SSSR count). The Bertz CT molecular complexity index is 787. The molecule has 0 spiro atoms. The highest BCUT2D eigenvalue weighted by Gasteiger charge is 2.14. The first-order valence-electron chi connectivity index (χ1n) is 6.92. The van der Waals surface area contributed by atoms with Gasteiger partial charge < -0.3 is 10.1 Å². The van der Waals surface area contributed by atoms with E-state index >= 15 is 0 Å². The first-order chi connectivity index (χ1) is 11.4. The van der Waals surface area contributed by atoms with Gasteiger partial charge in [0.2, 0.25) is 0 Å². The van der Waals surface area contributed by atoms with Crippen molar-refractivity contribution in [1.29, 1.82) is 0 Å². The Labute approximate surface area is 137 Å². The number of rotatable bonds is 4. The van der Waals surface area contributed by atoms with Crippen LogP contribution in [0.3, 0.4) is 0 Å². The summed E-state index contributed by atoms with van der Waals surface area (Å²) in [5.74, 6) is -0.0141. The van der Waals surface area contributed by atoms with E-state index in [1.54, 1.807) is 19.1 Å². The highest BCUT2D eigenvalue weighted by Crippen LogP contribution is 2.22. The van der Waals surface area contributed by atoms with Crippen LogP contribution < -0.4 is 15.4 Å². The number of nitrogens with zero attached hydrogens (tertiary/aromatic N) is 1. The van der Waals surface area contributed by atoms with E-state index in [0.717, 1.165) is 0 Å². The van der Waals surface area contributed by atoms with Gasteiger partial charge in [0.1, 0.15) is 5.75 Å². The summed E-state index contributed by atoms with van der Waals surface area (Å²) < 4.78 is 4.98. The standard InChI is InChI=1S/C16H15N3O5/c1-10-3-6-12(9-14(10)19(22)23)17-16(21)18-15(20)11-4-7-13(24-2)8-5-11/h3-9H,1-2H3,(H2,17,18,20,21). The topological polar surface area (TPSA) is 111 Å². The molecule has 8 nitrogen and oxygen atoms in total. The molecule has 0 aliphatic rings. The van der Waals surface area contributed by atoms with Crippen molar-refractivity contribution in [1.82, 2.24) is 5.32 Å². The number of aryl methyl sites for hydroxylation is 1. The monoisotopic (exact) mass is 329 g/mol. The molecule has 0 aliphatic heterocycles. The van der Waals surface area contributed by atoms with Gasteiger partial charge in [-0.05, 0) is 37.3 Å². The van der Waals surface area contributed by atoms with Gasteiger partial charge in [-0.2, -0.15) is 0 Å². The molecule has 0 heterocycles. The Morgan fingerprint density at radius 2 is 1.79 bits per heavy atom. The van der Waals surface area contributed by atoms with E-state index in [4.69, 9.17) is 4.74 Å². The van der Waals surface area contributed by atoms with Crippen LogP contribution in [0.1, 0.15) is 15.9 Å². The summed E-state index contributed by atoms with van der Waals surface area (Å²) in [6.07, 6.45) is 0. The third-order valence-electron chi connectivity index (χ3n) is 3.24. The molecular formula is C16H15N3O5. The highest BCUT2D eigenvalue weighted by atomic mass is 16.6. The van der Waals surface area contributed by atoms with Crippen LogP contribution in [-0.4, -0.2) is 24.0 Å². The van der Waals surface area contributed by atoms with Gasteiger partial charge in [0.25, 0.3) is 11.6 Å². The fraction of sp³-hybridized carbons (Fsp3) is 0.125. The maximum absolute atomic E-state index is 12.0. The lowest BCUT2D eigenvalue weighted by molar-refractivity contribution is -0.385. The lowest BCUT2D eigenvalue weighted by atomic mass is 10.2. The molecule has 2 N–H and O–H groups in total. The van der Waals surface area contributed by atoms with E-state index in [-0.39, 0.29) is 16.9 Å². The summed E-state index contributed by atoms with van der Waals surface area (Å²) in [5, 5.41) is 15.4. The third-order valence-corrected chi connectivity index (χ3v) is 3.24. The van der Waals surface area contributed by atoms with Crippen LogP contribution in [0.2, 0.25) is 0 Å². The molecule has 3 amide bonds. The summed E-state index contributed by atoms with van der Waals surface area (Å²) in [6.45, 7) is 1.59. The zero-order valence-electron chi connectivity index (χ0n) is 13.0. The van der Waals surface area contributed by atoms with E-state index in [1.807, 2.05) is 0 Å². The predicted octanol–water partition coefficient (Wildman–Crippen LogP) is 2.87. The van der Waals surface area contributed by atoms with Crippen molar-refractivity contribution < 1.29 is 19.2 Å². The number of ether oxygens (including phenoxy) is 1. The Kier molecular flexibility index (Phi) is 5.10. The minimum Gasteiger partial charge on any atom is -0.497 e. The van der Waals surface area contributed by atoms with Gasteiger partial charge in [0.15, 0.2) is 0 Å². The number of urea groups is 1. The maximum Gasteiger partial charge on any atom is 0.326 e. The van der Waals surface area contributed by atoms with Crippen LogP contribution in [0.15, 0.2) is 42.5 Å². The van der Waals surface area contributed by atoms with Crippen LogP contribution in [0.4, 0.5) is 16.2 Å². The summed E-state index contributed by atoms with van der Waals surface area (Å²) in [4.78, 5) is 34.1. The van der Waals surface area contributed by atoms with Crippen molar-refractivity contribution >= 4 is 23.3 Å². The predicted molar refractivity (Wildman–Crippen MR) is 87.3 cm³/mol. The number of hydrogen-bond donors (Lipinski definition) is 2. The quantitative estimate of drug-likeness (QED) is 0.662. The molecule has 0 unspecified atom stereocenters. The SMILES string of the molecule is COc1ccc(C(=O)NC(=O)Nc2ccc(C)c([N+](=O)[O-])c2)cc1. The average Bonchev–Trinajstić information content (AvgIpc) is 2.56. The summed E-state index contributed by atoms with van der Waals surface area (Å²) in [5.41, 5.74) is 0.850. The molecule has 0 aromatic heterocycles. The van der Waals surface area contributed by atoms with E-state index in [2.05, 4.69) is 10.6 Å². The Balaban J connectivity index is 2.03. The van der Waals surface area contributed by atoms with E-state index in [0.29, 0.717) is 11.3 Å². The van der Waals surface area contributed by atoms with Gasteiger partial charge in [0.05, 0.1) is 12.0 Å². The first kappa shape index (κ1) is 16.9. The number of anilines is 1. The van der Waals surface area contributed by atoms with Crippen molar-refractivity contribution in [2.75, 3.05) is 12.4 Å². The van der Waals surface area contributed by atoms with Crippen molar-refractivity contribution in [3.63, 3.8) is 0 Å². The lowest BCUT2D eigenvalue weighted by Crippen LogP contribution is -2.34. The van der Waals surface area contributed by atoms with Gasteiger partial charge >= 0.3 is 6.03 Å². The van der Waals surface area contributed by atoms with Gasteiger partial charge in [-0.1, -0.05) is 6.07 Å². The fourth-order valence-electron chi connectivity index (χ4n) is 1.96. The number of imide groups is 1. The van der Waals surface area contributed by atoms with Gasteiger partial charge in [-0.3, -0.25) is 20.2 Å². The van der Waals surface area contributed by atoms with E-state index < -0.39 is 16.9 Å². The van der Waals surface area contributed by atoms with Gasteiger partial charge in [-0.15, -0.1) is 0 Å². The molecule has 2 aromatic rings. The zero-order chi connectivity index (χ0) is 17.7. The number of nitro groups is 1. The summed E-state index contributed by atoms with van der Waals surface area (Å²) in [6, 6.07) is 9.68. The molecule has 0 atom stereocenters. The second-order valence-electron chi connectivity index (χ2n) is 4.90. The van der Waals surface area contributed by atoms with Crippen LogP contribution in [-0.2, 0) is 0 Å². The van der Waals surface area contributed by atoms with Crippen LogP contribution in [0.25, 0.3) is 0 Å². The second kappa shape index (κ2) is 7.23. The smallest absolute Gasteiger partial charge is 0.326 e. The van der Waals surface area contributed by atoms with E-state index in [1.165, 1.54) is 37.4 Å². The molecule has 0 aliphatic carbocycles. The highest BCUT2D eigenvalue weighted by molar-refractivity contribution is 6.08. The Morgan fingerprint density at radius 1 is 1.12 bits per heavy atom. The van der Waals surface area contributed by atoms with E-state index in [9.17, 15) is 19.7 Å². The molecule has 8 heteroatoms. The third kappa shape index (κ3) is 4.07. The van der Waals surface area contributed by atoms with Crippen LogP contribution >= 0.6 is 0 Å². The number of hydrogen-bond acceptors (Lipinski definition) is 5. The average molecular weight is 329 g/mol. The maximum atomic E-state index is 12.0. The van der Waals surface area contributed by atoms with Crippen molar-refractivity contribution in [2.45, 2.75) is 6.92 Å². The number of carbonyl (C=O) groups excluding carboxylic acids is 2. The first-order valence-corrected chi connectivity index (χ1v) is 6.92. The molecule has 24 heavy (non-hydrogen) atoms. The minimum atomic E-state index is -0.783. The normalized spacial score (nSPS) is 9.92. The number of carbonyl (C=O) groups is 2. The number of benzene rings is 2. The second-order valence-corrected chi connectivity index (χ2v) is 4.90. The molecule has 2 aromatic carbocycles. The number of amides is 3. The zero-order valence-corrected chi connectivity index (χ0v) is 13.0. The number of nitro benzene ring substituents is 1. The molecular weight excluding hydrogens is 314 g/mol. The Hall–Kier alpha value is -3.42. The molecule has 0 bridgehead atoms. The van der Waals surface area contributed by atoms with Crippen molar-refractivity contribution in [3.8, 4) is 5.75 Å². The molecule has 0 saturated carbocycles. The molecule has 0 fully saturated rings. The van der Waals surface area contributed by atoms with Gasteiger partial charge in [0, 0.05) is 22.9 Å². The summed E-state index contributed by atoms with van der Waals surface area (Å²) in [7, 11) is 1.50. The van der Waals surface area contributed by atoms with Crippen LogP contribution in [0.5, 0.6) is 5.75 Å². The molecule has 0 radical (unpaired) electrons. The van der Waals surface area contributed by atoms with Crippen LogP contribution in [0, 0.1) is 17.0 Å². The lowest BCUT2D eigenvalue weighted by Gasteiger charge is -2.08. The summed E-state index contributed by atoms with van der Waals surface area (Å²) >= 11 is 0. The Morgan fingerprint density at radius 3 is 2.38 bits per heavy atom. The minimum absolute atomic E-state index is 0.116. The molecule has 124 valence electrons. The number of nitrogens with one attached hydrogen (secondary N) is 2. The van der Waals surface area contributed by atoms with Crippen molar-refractivity contribution in [3.05, 3.63) is 63.7 Å². The number of methoxy groups -OCH3 is 1.